The molecule has 0 N–H and O–H groups in total. The van der Waals surface area contributed by atoms with Crippen LogP contribution in [0.25, 0.3) is 10.4 Å². The molecule has 128 valence electrons. The molecule has 8 heteroatoms. The SMILES string of the molecule is CS(=O)(=O)N1CCN(C(=O)c2ccc(-c3ccc(Cl)cc3)s2)CC1. The zero-order chi connectivity index (χ0) is 17.3. The van der Waals surface area contributed by atoms with Crippen molar-refractivity contribution in [2.45, 2.75) is 0 Å². The van der Waals surface area contributed by atoms with Gasteiger partial charge in [-0.1, -0.05) is 23.7 Å². The third kappa shape index (κ3) is 3.80. The van der Waals surface area contributed by atoms with E-state index in [2.05, 4.69) is 0 Å². The average Bonchev–Trinajstić information content (AvgIpc) is 3.04. The summed E-state index contributed by atoms with van der Waals surface area (Å²) in [5, 5.41) is 0.676. The highest BCUT2D eigenvalue weighted by Gasteiger charge is 2.27. The first kappa shape index (κ1) is 17.4. The predicted molar refractivity (Wildman–Crippen MR) is 97.1 cm³/mol. The molecule has 1 aliphatic rings. The van der Waals surface area contributed by atoms with Crippen LogP contribution in [0, 0.1) is 0 Å². The van der Waals surface area contributed by atoms with Crippen LogP contribution in [0.5, 0.6) is 0 Å². The third-order valence-electron chi connectivity index (χ3n) is 3.94. The number of carbonyl (C=O) groups excluding carboxylic acids is 1. The Kier molecular flexibility index (Phi) is 4.96. The molecule has 0 radical (unpaired) electrons. The largest absolute Gasteiger partial charge is 0.335 e. The van der Waals surface area contributed by atoms with Crippen LogP contribution in [0.1, 0.15) is 9.67 Å². The summed E-state index contributed by atoms with van der Waals surface area (Å²) in [4.78, 5) is 16.0. The lowest BCUT2D eigenvalue weighted by atomic mass is 10.2. The fourth-order valence-corrected chi connectivity index (χ4v) is 4.53. The molecule has 0 atom stereocenters. The van der Waals surface area contributed by atoms with Crippen molar-refractivity contribution >= 4 is 38.9 Å². The third-order valence-corrected chi connectivity index (χ3v) is 6.62. The van der Waals surface area contributed by atoms with Crippen LogP contribution in [-0.4, -0.2) is 56.0 Å². The molecule has 1 aromatic heterocycles. The Hall–Kier alpha value is -1.41. The molecule has 1 fully saturated rings. The van der Waals surface area contributed by atoms with E-state index in [4.69, 9.17) is 11.6 Å². The van der Waals surface area contributed by atoms with Crippen molar-refractivity contribution in [1.29, 1.82) is 0 Å². The van der Waals surface area contributed by atoms with Crippen LogP contribution < -0.4 is 0 Å². The Morgan fingerprint density at radius 1 is 1.04 bits per heavy atom. The number of hydrogen-bond acceptors (Lipinski definition) is 4. The highest BCUT2D eigenvalue weighted by molar-refractivity contribution is 7.88. The van der Waals surface area contributed by atoms with Gasteiger partial charge in [0.25, 0.3) is 5.91 Å². The number of benzene rings is 1. The fraction of sp³-hybridized carbons (Fsp3) is 0.312. The summed E-state index contributed by atoms with van der Waals surface area (Å²) in [7, 11) is -3.19. The van der Waals surface area contributed by atoms with Crippen molar-refractivity contribution in [1.82, 2.24) is 9.21 Å². The minimum absolute atomic E-state index is 0.0478. The molecule has 24 heavy (non-hydrogen) atoms. The van der Waals surface area contributed by atoms with Gasteiger partial charge in [0.2, 0.25) is 10.0 Å². The smallest absolute Gasteiger partial charge is 0.264 e. The van der Waals surface area contributed by atoms with Crippen LogP contribution in [0.2, 0.25) is 5.02 Å². The van der Waals surface area contributed by atoms with E-state index in [0.717, 1.165) is 10.4 Å². The zero-order valence-corrected chi connectivity index (χ0v) is 15.5. The molecular formula is C16H17ClN2O3S2. The minimum atomic E-state index is -3.19. The highest BCUT2D eigenvalue weighted by Crippen LogP contribution is 2.30. The number of hydrogen-bond donors (Lipinski definition) is 0. The van der Waals surface area contributed by atoms with Crippen molar-refractivity contribution < 1.29 is 13.2 Å². The van der Waals surface area contributed by atoms with Crippen LogP contribution in [-0.2, 0) is 10.0 Å². The number of halogens is 1. The number of nitrogens with zero attached hydrogens (tertiary/aromatic N) is 2. The van der Waals surface area contributed by atoms with Crippen LogP contribution in [0.15, 0.2) is 36.4 Å². The first-order valence-electron chi connectivity index (χ1n) is 7.45. The van der Waals surface area contributed by atoms with Crippen LogP contribution in [0.3, 0.4) is 0 Å². The summed E-state index contributed by atoms with van der Waals surface area (Å²) >= 11 is 7.33. The van der Waals surface area contributed by atoms with Gasteiger partial charge in [-0.25, -0.2) is 8.42 Å². The maximum absolute atomic E-state index is 12.6. The molecule has 5 nitrogen and oxygen atoms in total. The van der Waals surface area contributed by atoms with Gasteiger partial charge in [-0.3, -0.25) is 4.79 Å². The van der Waals surface area contributed by atoms with Gasteiger partial charge >= 0.3 is 0 Å². The standard InChI is InChI=1S/C16H17ClN2O3S2/c1-24(21,22)19-10-8-18(9-11-19)16(20)15-7-6-14(23-15)12-2-4-13(17)5-3-12/h2-7H,8-11H2,1H3. The Bertz CT molecular complexity index is 838. The average molecular weight is 385 g/mol. The van der Waals surface area contributed by atoms with Gasteiger partial charge in [0.15, 0.2) is 0 Å². The van der Waals surface area contributed by atoms with Gasteiger partial charge in [-0.05, 0) is 29.8 Å². The summed E-state index contributed by atoms with van der Waals surface area (Å²) in [6, 6.07) is 11.2. The summed E-state index contributed by atoms with van der Waals surface area (Å²) in [6.07, 6.45) is 1.20. The molecule has 0 saturated carbocycles. The topological polar surface area (TPSA) is 57.7 Å². The quantitative estimate of drug-likeness (QED) is 0.817. The van der Waals surface area contributed by atoms with Crippen molar-refractivity contribution in [3.63, 3.8) is 0 Å². The first-order chi connectivity index (χ1) is 11.3. The second kappa shape index (κ2) is 6.84. The number of carbonyl (C=O) groups is 1. The number of piperazine rings is 1. The molecule has 1 saturated heterocycles. The molecule has 1 amide bonds. The second-order valence-electron chi connectivity index (χ2n) is 5.63. The fourth-order valence-electron chi connectivity index (χ4n) is 2.60. The number of sulfonamides is 1. The lowest BCUT2D eigenvalue weighted by Gasteiger charge is -2.33. The van der Waals surface area contributed by atoms with Gasteiger partial charge in [-0.2, -0.15) is 4.31 Å². The molecule has 0 bridgehead atoms. The van der Waals surface area contributed by atoms with Gasteiger partial charge < -0.3 is 4.90 Å². The van der Waals surface area contributed by atoms with Crippen LogP contribution >= 0.6 is 22.9 Å². The molecule has 1 aliphatic heterocycles. The Morgan fingerprint density at radius 3 is 2.25 bits per heavy atom. The normalized spacial score (nSPS) is 16.3. The van der Waals surface area contributed by atoms with Gasteiger partial charge in [0.1, 0.15) is 0 Å². The molecule has 1 aromatic carbocycles. The van der Waals surface area contributed by atoms with Gasteiger partial charge in [0.05, 0.1) is 11.1 Å². The summed E-state index contributed by atoms with van der Waals surface area (Å²) < 4.78 is 24.5. The maximum atomic E-state index is 12.6. The van der Waals surface area contributed by atoms with E-state index < -0.39 is 10.0 Å². The van der Waals surface area contributed by atoms with E-state index in [-0.39, 0.29) is 5.91 Å². The predicted octanol–water partition coefficient (Wildman–Crippen LogP) is 2.79. The van der Waals surface area contributed by atoms with Crippen molar-refractivity contribution in [2.75, 3.05) is 32.4 Å². The van der Waals surface area contributed by atoms with Crippen molar-refractivity contribution in [3.05, 3.63) is 46.3 Å². The number of rotatable bonds is 3. The van der Waals surface area contributed by atoms with Gasteiger partial charge in [0, 0.05) is 36.1 Å². The molecular weight excluding hydrogens is 368 g/mol. The molecule has 0 spiro atoms. The summed E-state index contributed by atoms with van der Waals surface area (Å²) in [6.45, 7) is 1.53. The van der Waals surface area contributed by atoms with E-state index in [0.29, 0.717) is 36.1 Å². The number of thiophene rings is 1. The Morgan fingerprint density at radius 2 is 1.67 bits per heavy atom. The summed E-state index contributed by atoms with van der Waals surface area (Å²) in [5.41, 5.74) is 1.02. The first-order valence-corrected chi connectivity index (χ1v) is 10.5. The molecule has 0 aliphatic carbocycles. The van der Waals surface area contributed by atoms with E-state index in [1.807, 2.05) is 36.4 Å². The van der Waals surface area contributed by atoms with Gasteiger partial charge in [-0.15, -0.1) is 11.3 Å². The molecule has 3 rings (SSSR count). The summed E-state index contributed by atoms with van der Waals surface area (Å²) in [5.74, 6) is -0.0478. The second-order valence-corrected chi connectivity index (χ2v) is 9.13. The molecule has 2 aromatic rings. The minimum Gasteiger partial charge on any atom is -0.335 e. The molecule has 2 heterocycles. The Labute approximate surface area is 150 Å². The van der Waals surface area contributed by atoms with Crippen molar-refractivity contribution in [3.8, 4) is 10.4 Å². The van der Waals surface area contributed by atoms with E-state index in [1.165, 1.54) is 21.9 Å². The van der Waals surface area contributed by atoms with E-state index in [9.17, 15) is 13.2 Å². The number of amides is 1. The molecule has 0 unspecified atom stereocenters. The Balaban J connectivity index is 1.70. The highest BCUT2D eigenvalue weighted by atomic mass is 35.5. The maximum Gasteiger partial charge on any atom is 0.264 e. The van der Waals surface area contributed by atoms with E-state index in [1.54, 1.807) is 4.90 Å². The zero-order valence-electron chi connectivity index (χ0n) is 13.1. The van der Waals surface area contributed by atoms with E-state index >= 15 is 0 Å². The van der Waals surface area contributed by atoms with Crippen molar-refractivity contribution in [2.24, 2.45) is 0 Å². The lowest BCUT2D eigenvalue weighted by molar-refractivity contribution is 0.0703. The monoisotopic (exact) mass is 384 g/mol. The lowest BCUT2D eigenvalue weighted by Crippen LogP contribution is -2.50. The van der Waals surface area contributed by atoms with Crippen LogP contribution in [0.4, 0.5) is 0 Å².